The molecule has 3 heterocycles. The minimum absolute atomic E-state index is 0.0426. The average molecular weight is 534 g/mol. The fourth-order valence-corrected chi connectivity index (χ4v) is 4.95. The highest BCUT2D eigenvalue weighted by Gasteiger charge is 2.27. The second-order valence-electron chi connectivity index (χ2n) is 8.81. The Hall–Kier alpha value is -3.70. The van der Waals surface area contributed by atoms with E-state index in [2.05, 4.69) is 21.3 Å². The van der Waals surface area contributed by atoms with Gasteiger partial charge in [-0.1, -0.05) is 47.5 Å². The Labute approximate surface area is 223 Å². The van der Waals surface area contributed by atoms with E-state index in [1.54, 1.807) is 29.0 Å². The van der Waals surface area contributed by atoms with E-state index >= 15 is 0 Å². The molecule has 1 amide bonds. The summed E-state index contributed by atoms with van der Waals surface area (Å²) in [5.74, 6) is -0.650. The van der Waals surface area contributed by atoms with Crippen LogP contribution in [0.3, 0.4) is 0 Å². The molecule has 4 aromatic rings. The molecule has 1 aliphatic heterocycles. The number of benzene rings is 2. The van der Waals surface area contributed by atoms with Gasteiger partial charge >= 0.3 is 6.03 Å². The number of amides is 1. The van der Waals surface area contributed by atoms with Gasteiger partial charge in [-0.2, -0.15) is 5.26 Å². The van der Waals surface area contributed by atoms with E-state index in [0.29, 0.717) is 40.6 Å². The number of fused-ring (bicyclic) bond motifs is 3. The maximum Gasteiger partial charge on any atom is 0.326 e. The number of pyridine rings is 1. The number of nitrogens with one attached hydrogen (secondary N) is 1. The van der Waals surface area contributed by atoms with E-state index in [0.717, 1.165) is 28.9 Å². The molecule has 0 saturated carbocycles. The minimum atomic E-state index is -0.650. The van der Waals surface area contributed by atoms with Crippen molar-refractivity contribution in [2.24, 2.45) is 0 Å². The molecule has 0 atom stereocenters. The van der Waals surface area contributed by atoms with Gasteiger partial charge in [0.1, 0.15) is 17.0 Å². The van der Waals surface area contributed by atoms with Crippen molar-refractivity contribution in [3.8, 4) is 6.07 Å². The zero-order chi connectivity index (χ0) is 25.9. The van der Waals surface area contributed by atoms with Gasteiger partial charge in [-0.15, -0.1) is 0 Å². The molecule has 0 unspecified atom stereocenters. The minimum Gasteiger partial charge on any atom is -0.333 e. The molecule has 0 saturated heterocycles. The molecule has 186 valence electrons. The summed E-state index contributed by atoms with van der Waals surface area (Å²) in [5, 5.41) is 14.0. The van der Waals surface area contributed by atoms with Gasteiger partial charge in [0.2, 0.25) is 0 Å². The largest absolute Gasteiger partial charge is 0.333 e. The van der Waals surface area contributed by atoms with E-state index in [1.165, 1.54) is 6.07 Å². The number of nitriles is 1. The maximum absolute atomic E-state index is 14.6. The van der Waals surface area contributed by atoms with Crippen LogP contribution in [0.25, 0.3) is 17.0 Å². The molecule has 1 N–H and O–H groups in total. The zero-order valence-electron chi connectivity index (χ0n) is 19.7. The monoisotopic (exact) mass is 533 g/mol. The van der Waals surface area contributed by atoms with Crippen molar-refractivity contribution in [3.05, 3.63) is 105 Å². The van der Waals surface area contributed by atoms with E-state index in [-0.39, 0.29) is 18.1 Å². The molecular formula is C28H22Cl2FN5O. The first-order valence-corrected chi connectivity index (χ1v) is 12.5. The molecule has 0 aliphatic carbocycles. The summed E-state index contributed by atoms with van der Waals surface area (Å²) < 4.78 is 16.2. The van der Waals surface area contributed by atoms with Crippen LogP contribution in [0, 0.1) is 17.1 Å². The van der Waals surface area contributed by atoms with Gasteiger partial charge in [0.05, 0.1) is 11.1 Å². The van der Waals surface area contributed by atoms with Crippen LogP contribution in [-0.2, 0) is 19.5 Å². The smallest absolute Gasteiger partial charge is 0.326 e. The predicted molar refractivity (Wildman–Crippen MR) is 143 cm³/mol. The lowest BCUT2D eigenvalue weighted by Gasteiger charge is -2.27. The van der Waals surface area contributed by atoms with Crippen molar-refractivity contribution in [1.29, 1.82) is 5.26 Å². The summed E-state index contributed by atoms with van der Waals surface area (Å²) in [6.07, 6.45) is 6.31. The van der Waals surface area contributed by atoms with Crippen LogP contribution < -0.4 is 5.32 Å². The van der Waals surface area contributed by atoms with Gasteiger partial charge in [0.25, 0.3) is 0 Å². The molecular weight excluding hydrogens is 512 g/mol. The van der Waals surface area contributed by atoms with E-state index < -0.39 is 5.82 Å². The van der Waals surface area contributed by atoms with Gasteiger partial charge in [0, 0.05) is 61.0 Å². The van der Waals surface area contributed by atoms with Crippen molar-refractivity contribution in [3.63, 3.8) is 0 Å². The summed E-state index contributed by atoms with van der Waals surface area (Å²) >= 11 is 11.9. The Morgan fingerprint density at radius 1 is 1.19 bits per heavy atom. The Balaban J connectivity index is 1.42. The molecule has 0 radical (unpaired) electrons. The zero-order valence-corrected chi connectivity index (χ0v) is 21.2. The quantitative estimate of drug-likeness (QED) is 0.310. The molecule has 6 nitrogen and oxygen atoms in total. The van der Waals surface area contributed by atoms with Crippen LogP contribution >= 0.6 is 23.2 Å². The number of nitrogens with zero attached hydrogens (tertiary/aromatic N) is 4. The van der Waals surface area contributed by atoms with Crippen LogP contribution in [0.4, 0.5) is 9.18 Å². The SMILES string of the molecule is N#Cc1cc2c3c(n(C(=O)NCc4ccnc(Cl)c4)c2cc1F)CCN(C/C=C/c1ccc(Cl)cc1)C3. The number of rotatable bonds is 5. The number of carbonyl (C=O) groups excluding carboxylic acids is 1. The third kappa shape index (κ3) is 5.37. The summed E-state index contributed by atoms with van der Waals surface area (Å²) in [5.41, 5.74) is 4.02. The van der Waals surface area contributed by atoms with E-state index in [4.69, 9.17) is 23.2 Å². The van der Waals surface area contributed by atoms with Crippen LogP contribution in [-0.4, -0.2) is 33.6 Å². The van der Waals surface area contributed by atoms with Crippen molar-refractivity contribution >= 4 is 46.2 Å². The van der Waals surface area contributed by atoms with Gasteiger partial charge in [-0.05, 0) is 47.0 Å². The highest BCUT2D eigenvalue weighted by Crippen LogP contribution is 2.32. The predicted octanol–water partition coefficient (Wildman–Crippen LogP) is 6.18. The average Bonchev–Trinajstić information content (AvgIpc) is 3.20. The molecule has 5 rings (SSSR count). The molecule has 2 aromatic carbocycles. The number of carbonyl (C=O) groups is 1. The lowest BCUT2D eigenvalue weighted by atomic mass is 10.0. The van der Waals surface area contributed by atoms with Crippen molar-refractivity contribution in [2.45, 2.75) is 19.5 Å². The Bertz CT molecular complexity index is 1560. The summed E-state index contributed by atoms with van der Waals surface area (Å²) in [6, 6.07) is 15.4. The first-order chi connectivity index (χ1) is 17.9. The molecule has 0 spiro atoms. The standard InChI is InChI=1S/C28H22Cl2FN5O/c29-21-5-3-18(4-6-21)2-1-10-35-11-8-25-23(17-35)22-13-20(15-32)24(31)14-26(22)36(25)28(37)34-16-19-7-9-33-27(30)12-19/h1-7,9,12-14H,8,10-11,16-17H2,(H,34,37)/b2-1+. The van der Waals surface area contributed by atoms with Gasteiger partial charge < -0.3 is 5.32 Å². The number of hydrogen-bond acceptors (Lipinski definition) is 4. The fraction of sp³-hybridized carbons (Fsp3) is 0.179. The maximum atomic E-state index is 14.6. The van der Waals surface area contributed by atoms with Gasteiger partial charge in [0.15, 0.2) is 0 Å². The second kappa shape index (κ2) is 10.7. The highest BCUT2D eigenvalue weighted by atomic mass is 35.5. The van der Waals surface area contributed by atoms with Crippen LogP contribution in [0.15, 0.2) is 60.8 Å². The van der Waals surface area contributed by atoms with Crippen LogP contribution in [0.5, 0.6) is 0 Å². The number of hydrogen-bond donors (Lipinski definition) is 1. The van der Waals surface area contributed by atoms with Crippen molar-refractivity contribution < 1.29 is 9.18 Å². The molecule has 2 aromatic heterocycles. The summed E-state index contributed by atoms with van der Waals surface area (Å²) in [4.78, 5) is 19.5. The Morgan fingerprint density at radius 3 is 2.76 bits per heavy atom. The highest BCUT2D eigenvalue weighted by molar-refractivity contribution is 6.30. The number of halogens is 3. The van der Waals surface area contributed by atoms with Gasteiger partial charge in [-0.3, -0.25) is 9.47 Å². The first kappa shape index (κ1) is 25.0. The molecule has 9 heteroatoms. The lowest BCUT2D eigenvalue weighted by Crippen LogP contribution is -2.34. The Kier molecular flexibility index (Phi) is 7.24. The Morgan fingerprint density at radius 2 is 2.00 bits per heavy atom. The van der Waals surface area contributed by atoms with Crippen LogP contribution in [0.1, 0.15) is 27.9 Å². The second-order valence-corrected chi connectivity index (χ2v) is 9.63. The molecule has 0 fully saturated rings. The van der Waals surface area contributed by atoms with Gasteiger partial charge in [-0.25, -0.2) is 14.2 Å². The third-order valence-corrected chi connectivity index (χ3v) is 6.88. The summed E-state index contributed by atoms with van der Waals surface area (Å²) in [6.45, 7) is 2.26. The normalized spacial score (nSPS) is 13.6. The van der Waals surface area contributed by atoms with E-state index in [1.807, 2.05) is 36.4 Å². The third-order valence-electron chi connectivity index (χ3n) is 6.42. The fourth-order valence-electron chi connectivity index (χ4n) is 4.63. The van der Waals surface area contributed by atoms with Crippen molar-refractivity contribution in [1.82, 2.24) is 19.8 Å². The first-order valence-electron chi connectivity index (χ1n) is 11.7. The molecule has 37 heavy (non-hydrogen) atoms. The topological polar surface area (TPSA) is 74.0 Å². The molecule has 0 bridgehead atoms. The van der Waals surface area contributed by atoms with Crippen LogP contribution in [0.2, 0.25) is 10.2 Å². The van der Waals surface area contributed by atoms with E-state index in [9.17, 15) is 14.4 Å². The summed E-state index contributed by atoms with van der Waals surface area (Å²) in [7, 11) is 0. The number of aromatic nitrogens is 2. The lowest BCUT2D eigenvalue weighted by molar-refractivity contribution is 0.240. The van der Waals surface area contributed by atoms with Crippen molar-refractivity contribution in [2.75, 3.05) is 13.1 Å². The molecule has 1 aliphatic rings.